The van der Waals surface area contributed by atoms with E-state index in [1.165, 1.54) is 17.7 Å². The highest BCUT2D eigenvalue weighted by atomic mass is 19.4. The predicted molar refractivity (Wildman–Crippen MR) is 122 cm³/mol. The van der Waals surface area contributed by atoms with Crippen molar-refractivity contribution in [2.75, 3.05) is 13.1 Å². The molecular weight excluding hydrogens is 409 g/mol. The minimum atomic E-state index is -4.46. The summed E-state index contributed by atoms with van der Waals surface area (Å²) in [6.07, 6.45) is 0.292. The van der Waals surface area contributed by atoms with Gasteiger partial charge in [0, 0.05) is 12.6 Å². The Morgan fingerprint density at radius 3 is 2.19 bits per heavy atom. The zero-order valence-electron chi connectivity index (χ0n) is 19.0. The number of nitriles is 1. The quantitative estimate of drug-likeness (QED) is 0.375. The summed E-state index contributed by atoms with van der Waals surface area (Å²) in [7, 11) is 0. The van der Waals surface area contributed by atoms with E-state index in [1.807, 2.05) is 18.2 Å². The van der Waals surface area contributed by atoms with E-state index in [9.17, 15) is 18.4 Å². The van der Waals surface area contributed by atoms with E-state index in [0.717, 1.165) is 44.8 Å². The molecule has 172 valence electrons. The van der Waals surface area contributed by atoms with Crippen LogP contribution >= 0.6 is 0 Å². The van der Waals surface area contributed by atoms with Crippen LogP contribution < -0.4 is 0 Å². The summed E-state index contributed by atoms with van der Waals surface area (Å²) in [4.78, 5) is 2.41. The molecule has 0 spiro atoms. The fourth-order valence-corrected chi connectivity index (χ4v) is 4.84. The van der Waals surface area contributed by atoms with Crippen LogP contribution in [0.2, 0.25) is 0 Å². The van der Waals surface area contributed by atoms with Crippen LogP contribution in [0.3, 0.4) is 0 Å². The highest BCUT2D eigenvalue weighted by Crippen LogP contribution is 2.52. The molecule has 3 rings (SSSR count). The van der Waals surface area contributed by atoms with Gasteiger partial charge in [0.2, 0.25) is 0 Å². The van der Waals surface area contributed by atoms with Gasteiger partial charge in [0.15, 0.2) is 0 Å². The first kappa shape index (κ1) is 24.3. The number of alkyl halides is 3. The Morgan fingerprint density at radius 2 is 1.62 bits per heavy atom. The molecule has 1 saturated carbocycles. The smallest absolute Gasteiger partial charge is 0.300 e. The third-order valence-corrected chi connectivity index (χ3v) is 6.81. The van der Waals surface area contributed by atoms with Gasteiger partial charge in [-0.05, 0) is 75.1 Å². The van der Waals surface area contributed by atoms with E-state index >= 15 is 0 Å². The van der Waals surface area contributed by atoms with Gasteiger partial charge in [0.25, 0.3) is 0 Å². The molecule has 0 aliphatic heterocycles. The van der Waals surface area contributed by atoms with Crippen molar-refractivity contribution in [2.45, 2.75) is 70.0 Å². The Kier molecular flexibility index (Phi) is 8.00. The van der Waals surface area contributed by atoms with Crippen molar-refractivity contribution in [2.24, 2.45) is 5.92 Å². The van der Waals surface area contributed by atoms with Crippen molar-refractivity contribution >= 4 is 0 Å². The van der Waals surface area contributed by atoms with E-state index in [-0.39, 0.29) is 17.5 Å². The van der Waals surface area contributed by atoms with Gasteiger partial charge in [-0.25, -0.2) is 0 Å². The van der Waals surface area contributed by atoms with Gasteiger partial charge in [-0.3, -0.25) is 0 Å². The van der Waals surface area contributed by atoms with E-state index in [4.69, 9.17) is 0 Å². The monoisotopic (exact) mass is 442 g/mol. The van der Waals surface area contributed by atoms with Crippen LogP contribution in [0.1, 0.15) is 62.6 Å². The second-order valence-corrected chi connectivity index (χ2v) is 9.06. The third kappa shape index (κ3) is 5.72. The third-order valence-electron chi connectivity index (χ3n) is 6.81. The molecule has 32 heavy (non-hydrogen) atoms. The van der Waals surface area contributed by atoms with E-state index in [0.29, 0.717) is 12.8 Å². The standard InChI is InChI=1S/C27H33F3N2/c1-3-18-32(19-16-22-9-5-4-6-10-22)21(2)15-17-26(20-31,23-13-14-23)24-11-7-8-12-25(24)27(28,29)30/h4-12,21,23H,3,13-19H2,1-2H3. The summed E-state index contributed by atoms with van der Waals surface area (Å²) in [6.45, 7) is 6.13. The lowest BCUT2D eigenvalue weighted by Crippen LogP contribution is -2.38. The molecule has 2 unspecified atom stereocenters. The van der Waals surface area contributed by atoms with Crippen LogP contribution in [-0.2, 0) is 18.0 Å². The molecule has 5 heteroatoms. The lowest BCUT2D eigenvalue weighted by molar-refractivity contribution is -0.138. The zero-order chi connectivity index (χ0) is 23.2. The number of hydrogen-bond donors (Lipinski definition) is 0. The largest absolute Gasteiger partial charge is 0.416 e. The second kappa shape index (κ2) is 10.5. The highest BCUT2D eigenvalue weighted by molar-refractivity contribution is 5.43. The summed E-state index contributed by atoms with van der Waals surface area (Å²) in [5.41, 5.74) is -0.284. The van der Waals surface area contributed by atoms with E-state index in [2.05, 4.69) is 36.9 Å². The molecule has 2 nitrogen and oxygen atoms in total. The first-order valence-electron chi connectivity index (χ1n) is 11.7. The minimum absolute atomic E-state index is 0.00661. The minimum Gasteiger partial charge on any atom is -0.300 e. The number of nitrogens with zero attached hydrogens (tertiary/aromatic N) is 2. The summed E-state index contributed by atoms with van der Waals surface area (Å²) < 4.78 is 41.3. The molecule has 0 amide bonds. The van der Waals surface area contributed by atoms with Gasteiger partial charge < -0.3 is 4.90 Å². The van der Waals surface area contributed by atoms with Crippen LogP contribution in [0.25, 0.3) is 0 Å². The maximum Gasteiger partial charge on any atom is 0.416 e. The Morgan fingerprint density at radius 1 is 1.00 bits per heavy atom. The summed E-state index contributed by atoms with van der Waals surface area (Å²) >= 11 is 0. The molecule has 1 aliphatic rings. The number of rotatable bonds is 11. The molecule has 0 aromatic heterocycles. The molecule has 0 heterocycles. The maximum atomic E-state index is 13.8. The number of hydrogen-bond acceptors (Lipinski definition) is 2. The summed E-state index contributed by atoms with van der Waals surface area (Å²) in [5.74, 6) is 0.00661. The molecule has 0 bridgehead atoms. The summed E-state index contributed by atoms with van der Waals surface area (Å²) in [6, 6.07) is 18.6. The first-order chi connectivity index (χ1) is 15.3. The van der Waals surface area contributed by atoms with Crippen molar-refractivity contribution in [3.8, 4) is 6.07 Å². The molecule has 2 aromatic rings. The lowest BCUT2D eigenvalue weighted by Gasteiger charge is -2.34. The van der Waals surface area contributed by atoms with Gasteiger partial charge >= 0.3 is 6.18 Å². The molecular formula is C27H33F3N2. The van der Waals surface area contributed by atoms with Gasteiger partial charge in [0.05, 0.1) is 17.0 Å². The van der Waals surface area contributed by atoms with Gasteiger partial charge in [-0.2, -0.15) is 18.4 Å². The Balaban J connectivity index is 1.77. The molecule has 0 saturated heterocycles. The van der Waals surface area contributed by atoms with Crippen molar-refractivity contribution in [3.05, 3.63) is 71.3 Å². The van der Waals surface area contributed by atoms with Gasteiger partial charge in [-0.15, -0.1) is 0 Å². The SMILES string of the molecule is CCCN(CCc1ccccc1)C(C)CCC(C#N)(c1ccccc1C(F)(F)F)C1CC1. The molecule has 1 aliphatic carbocycles. The van der Waals surface area contributed by atoms with Crippen LogP contribution in [0.4, 0.5) is 13.2 Å². The fourth-order valence-electron chi connectivity index (χ4n) is 4.84. The average Bonchev–Trinajstić information content (AvgIpc) is 3.63. The first-order valence-corrected chi connectivity index (χ1v) is 11.7. The Bertz CT molecular complexity index is 899. The Hall–Kier alpha value is -2.32. The topological polar surface area (TPSA) is 27.0 Å². The number of benzene rings is 2. The predicted octanol–water partition coefficient (Wildman–Crippen LogP) is 7.00. The van der Waals surface area contributed by atoms with Crippen molar-refractivity contribution < 1.29 is 13.2 Å². The Labute approximate surface area is 190 Å². The van der Waals surface area contributed by atoms with Crippen molar-refractivity contribution in [3.63, 3.8) is 0 Å². The lowest BCUT2D eigenvalue weighted by atomic mass is 9.71. The van der Waals surface area contributed by atoms with Gasteiger partial charge in [-0.1, -0.05) is 55.5 Å². The summed E-state index contributed by atoms with van der Waals surface area (Å²) in [5, 5.41) is 10.2. The second-order valence-electron chi connectivity index (χ2n) is 9.06. The maximum absolute atomic E-state index is 13.8. The van der Waals surface area contributed by atoms with Gasteiger partial charge in [0.1, 0.15) is 0 Å². The molecule has 2 atom stereocenters. The van der Waals surface area contributed by atoms with E-state index < -0.39 is 17.2 Å². The van der Waals surface area contributed by atoms with Crippen molar-refractivity contribution in [1.29, 1.82) is 5.26 Å². The molecule has 0 radical (unpaired) electrons. The normalized spacial score (nSPS) is 17.0. The van der Waals surface area contributed by atoms with Crippen LogP contribution in [-0.4, -0.2) is 24.0 Å². The van der Waals surface area contributed by atoms with Crippen LogP contribution in [0.15, 0.2) is 54.6 Å². The number of halogens is 3. The molecule has 0 N–H and O–H groups in total. The van der Waals surface area contributed by atoms with Crippen LogP contribution in [0, 0.1) is 17.2 Å². The molecule has 1 fully saturated rings. The average molecular weight is 443 g/mol. The molecule has 2 aromatic carbocycles. The van der Waals surface area contributed by atoms with Crippen LogP contribution in [0.5, 0.6) is 0 Å². The zero-order valence-corrected chi connectivity index (χ0v) is 19.0. The van der Waals surface area contributed by atoms with E-state index in [1.54, 1.807) is 6.07 Å². The van der Waals surface area contributed by atoms with Crippen molar-refractivity contribution in [1.82, 2.24) is 4.90 Å². The highest BCUT2D eigenvalue weighted by Gasteiger charge is 2.50. The fraction of sp³-hybridized carbons (Fsp3) is 0.519.